The molecule has 162 valence electrons. The summed E-state index contributed by atoms with van der Waals surface area (Å²) < 4.78 is 11.4. The van der Waals surface area contributed by atoms with Crippen LogP contribution >= 0.6 is 11.6 Å². The number of carbonyl (C=O) groups excluding carboxylic acids is 3. The van der Waals surface area contributed by atoms with E-state index in [-0.39, 0.29) is 11.3 Å². The van der Waals surface area contributed by atoms with Gasteiger partial charge >= 0.3 is 6.03 Å². The SMILES string of the molecule is CCCCOc1ccc(C=C2C(=O)NC(=O)N(c3cccc(Cl)c3)C2=O)cc1OCC. The fourth-order valence-electron chi connectivity index (χ4n) is 3.00. The average molecular weight is 443 g/mol. The van der Waals surface area contributed by atoms with Crippen molar-refractivity contribution in [1.29, 1.82) is 0 Å². The molecule has 0 aliphatic carbocycles. The summed E-state index contributed by atoms with van der Waals surface area (Å²) in [4.78, 5) is 38.6. The van der Waals surface area contributed by atoms with Gasteiger partial charge in [0.25, 0.3) is 11.8 Å². The summed E-state index contributed by atoms with van der Waals surface area (Å²) in [5, 5.41) is 2.56. The molecule has 0 aromatic heterocycles. The Kier molecular flexibility index (Phi) is 7.31. The quantitative estimate of drug-likeness (QED) is 0.367. The van der Waals surface area contributed by atoms with Crippen LogP contribution in [0.5, 0.6) is 11.5 Å². The van der Waals surface area contributed by atoms with Crippen molar-refractivity contribution < 1.29 is 23.9 Å². The number of imide groups is 2. The number of halogens is 1. The van der Waals surface area contributed by atoms with Crippen LogP contribution in [0.15, 0.2) is 48.0 Å². The zero-order valence-corrected chi connectivity index (χ0v) is 18.1. The van der Waals surface area contributed by atoms with E-state index in [0.29, 0.717) is 35.3 Å². The Balaban J connectivity index is 1.93. The van der Waals surface area contributed by atoms with Crippen molar-refractivity contribution >= 4 is 41.2 Å². The third kappa shape index (κ3) is 5.24. The molecule has 1 aliphatic rings. The third-order valence-electron chi connectivity index (χ3n) is 4.50. The van der Waals surface area contributed by atoms with E-state index in [1.165, 1.54) is 12.1 Å². The van der Waals surface area contributed by atoms with Crippen LogP contribution in [0.4, 0.5) is 10.5 Å². The molecule has 1 saturated heterocycles. The third-order valence-corrected chi connectivity index (χ3v) is 4.74. The van der Waals surface area contributed by atoms with Crippen LogP contribution in [0.1, 0.15) is 32.3 Å². The van der Waals surface area contributed by atoms with Crippen LogP contribution in [0.2, 0.25) is 5.02 Å². The highest BCUT2D eigenvalue weighted by molar-refractivity contribution is 6.39. The standard InChI is InChI=1S/C23H23ClN2O5/c1-3-5-11-31-19-10-9-15(13-20(19)30-4-2)12-18-21(27)25-23(29)26(22(18)28)17-8-6-7-16(24)14-17/h6-10,12-14H,3-5,11H2,1-2H3,(H,25,27,29). The summed E-state index contributed by atoms with van der Waals surface area (Å²) in [5.74, 6) is -0.404. The van der Waals surface area contributed by atoms with Crippen LogP contribution in [0.3, 0.4) is 0 Å². The first kappa shape index (κ1) is 22.4. The smallest absolute Gasteiger partial charge is 0.335 e. The number of rotatable bonds is 8. The van der Waals surface area contributed by atoms with E-state index in [1.807, 2.05) is 6.92 Å². The van der Waals surface area contributed by atoms with Crippen LogP contribution in [0, 0.1) is 0 Å². The zero-order valence-electron chi connectivity index (χ0n) is 17.3. The molecule has 4 amide bonds. The molecule has 1 fully saturated rings. The molecule has 1 N–H and O–H groups in total. The predicted molar refractivity (Wildman–Crippen MR) is 118 cm³/mol. The van der Waals surface area contributed by atoms with Crippen LogP contribution in [-0.4, -0.2) is 31.1 Å². The molecule has 7 nitrogen and oxygen atoms in total. The molecule has 31 heavy (non-hydrogen) atoms. The topological polar surface area (TPSA) is 84.9 Å². The predicted octanol–water partition coefficient (Wildman–Crippen LogP) is 4.58. The zero-order chi connectivity index (χ0) is 22.4. The van der Waals surface area contributed by atoms with Crippen molar-refractivity contribution in [2.24, 2.45) is 0 Å². The van der Waals surface area contributed by atoms with Gasteiger partial charge in [-0.1, -0.05) is 37.1 Å². The van der Waals surface area contributed by atoms with Gasteiger partial charge in [-0.25, -0.2) is 9.69 Å². The van der Waals surface area contributed by atoms with Gasteiger partial charge in [0.05, 0.1) is 18.9 Å². The Morgan fingerprint density at radius 2 is 1.84 bits per heavy atom. The maximum absolute atomic E-state index is 13.0. The lowest BCUT2D eigenvalue weighted by molar-refractivity contribution is -0.122. The summed E-state index contributed by atoms with van der Waals surface area (Å²) in [7, 11) is 0. The minimum atomic E-state index is -0.830. The first-order valence-corrected chi connectivity index (χ1v) is 10.4. The molecule has 1 aliphatic heterocycles. The number of unbranched alkanes of at least 4 members (excludes halogenated alkanes) is 1. The molecule has 0 bridgehead atoms. The lowest BCUT2D eigenvalue weighted by Gasteiger charge is -2.26. The van der Waals surface area contributed by atoms with Gasteiger partial charge in [0.15, 0.2) is 11.5 Å². The van der Waals surface area contributed by atoms with E-state index in [4.69, 9.17) is 21.1 Å². The number of amides is 4. The molecule has 0 spiro atoms. The molecule has 0 atom stereocenters. The van der Waals surface area contributed by atoms with Crippen LogP contribution in [0.25, 0.3) is 6.08 Å². The monoisotopic (exact) mass is 442 g/mol. The fourth-order valence-corrected chi connectivity index (χ4v) is 3.19. The van der Waals surface area contributed by atoms with E-state index in [0.717, 1.165) is 17.7 Å². The number of nitrogens with zero attached hydrogens (tertiary/aromatic N) is 1. The van der Waals surface area contributed by atoms with Gasteiger partial charge in [-0.15, -0.1) is 0 Å². The van der Waals surface area contributed by atoms with Crippen LogP contribution in [-0.2, 0) is 9.59 Å². The van der Waals surface area contributed by atoms with Crippen molar-refractivity contribution in [2.75, 3.05) is 18.1 Å². The highest BCUT2D eigenvalue weighted by atomic mass is 35.5. The maximum atomic E-state index is 13.0. The van der Waals surface area contributed by atoms with Gasteiger partial charge in [0.2, 0.25) is 0 Å². The number of ether oxygens (including phenoxy) is 2. The molecule has 1 heterocycles. The van der Waals surface area contributed by atoms with Crippen LogP contribution < -0.4 is 19.7 Å². The van der Waals surface area contributed by atoms with Gasteiger partial charge < -0.3 is 9.47 Å². The maximum Gasteiger partial charge on any atom is 0.335 e. The number of benzene rings is 2. The van der Waals surface area contributed by atoms with Crippen molar-refractivity contribution in [3.8, 4) is 11.5 Å². The second kappa shape index (κ2) is 10.1. The van der Waals surface area contributed by atoms with E-state index in [1.54, 1.807) is 36.4 Å². The number of barbiturate groups is 1. The summed E-state index contributed by atoms with van der Waals surface area (Å²) in [6.45, 7) is 4.93. The van der Waals surface area contributed by atoms with Crippen molar-refractivity contribution in [3.05, 3.63) is 58.6 Å². The molecule has 0 saturated carbocycles. The molecular weight excluding hydrogens is 420 g/mol. The lowest BCUT2D eigenvalue weighted by atomic mass is 10.1. The van der Waals surface area contributed by atoms with Gasteiger partial charge in [-0.05, 0) is 55.3 Å². The van der Waals surface area contributed by atoms with Gasteiger partial charge in [-0.3, -0.25) is 14.9 Å². The lowest BCUT2D eigenvalue weighted by Crippen LogP contribution is -2.54. The molecule has 0 radical (unpaired) electrons. The molecule has 0 unspecified atom stereocenters. The van der Waals surface area contributed by atoms with Crippen molar-refractivity contribution in [2.45, 2.75) is 26.7 Å². The van der Waals surface area contributed by atoms with E-state index < -0.39 is 17.8 Å². The summed E-state index contributed by atoms with van der Waals surface area (Å²) in [6.07, 6.45) is 3.34. The molecule has 2 aromatic rings. The number of carbonyl (C=O) groups is 3. The fraction of sp³-hybridized carbons (Fsp3) is 0.261. The number of hydrogen-bond donors (Lipinski definition) is 1. The Morgan fingerprint density at radius 3 is 2.55 bits per heavy atom. The summed E-state index contributed by atoms with van der Waals surface area (Å²) in [5.41, 5.74) is 0.648. The summed E-state index contributed by atoms with van der Waals surface area (Å²) >= 11 is 5.98. The molecular formula is C23H23ClN2O5. The Labute approximate surface area is 185 Å². The normalized spacial score (nSPS) is 15.3. The second-order valence-electron chi connectivity index (χ2n) is 6.78. The minimum Gasteiger partial charge on any atom is -0.490 e. The van der Waals surface area contributed by atoms with Gasteiger partial charge in [0, 0.05) is 5.02 Å². The molecule has 2 aromatic carbocycles. The van der Waals surface area contributed by atoms with Crippen molar-refractivity contribution in [1.82, 2.24) is 5.32 Å². The number of hydrogen-bond acceptors (Lipinski definition) is 5. The van der Waals surface area contributed by atoms with E-state index in [9.17, 15) is 14.4 Å². The van der Waals surface area contributed by atoms with E-state index >= 15 is 0 Å². The first-order chi connectivity index (χ1) is 14.9. The largest absolute Gasteiger partial charge is 0.490 e. The molecule has 8 heteroatoms. The number of urea groups is 1. The molecule has 3 rings (SSSR count). The van der Waals surface area contributed by atoms with Gasteiger partial charge in [-0.2, -0.15) is 0 Å². The number of anilines is 1. The van der Waals surface area contributed by atoms with Crippen molar-refractivity contribution in [3.63, 3.8) is 0 Å². The minimum absolute atomic E-state index is 0.179. The number of nitrogens with one attached hydrogen (secondary N) is 1. The van der Waals surface area contributed by atoms with E-state index in [2.05, 4.69) is 12.2 Å². The summed E-state index contributed by atoms with van der Waals surface area (Å²) in [6, 6.07) is 10.6. The first-order valence-electron chi connectivity index (χ1n) is 10.0. The highest BCUT2D eigenvalue weighted by Gasteiger charge is 2.36. The average Bonchev–Trinajstić information content (AvgIpc) is 2.73. The highest BCUT2D eigenvalue weighted by Crippen LogP contribution is 2.30. The Morgan fingerprint density at radius 1 is 1.03 bits per heavy atom. The van der Waals surface area contributed by atoms with Gasteiger partial charge in [0.1, 0.15) is 5.57 Å². The Hall–Kier alpha value is -3.32. The second-order valence-corrected chi connectivity index (χ2v) is 7.22. The Bertz CT molecular complexity index is 1030.